The van der Waals surface area contributed by atoms with Gasteiger partial charge in [0, 0.05) is 35.5 Å². The molecule has 4 aliphatic carbocycles. The van der Waals surface area contributed by atoms with Gasteiger partial charge in [-0.25, -0.2) is 0 Å². The van der Waals surface area contributed by atoms with Gasteiger partial charge in [-0.1, -0.05) is 24.6 Å². The van der Waals surface area contributed by atoms with Crippen LogP contribution < -0.4 is 0 Å². The summed E-state index contributed by atoms with van der Waals surface area (Å²) >= 11 is 1.76. The number of ether oxygens (including phenoxy) is 2. The largest absolute Gasteiger partial charge is 0.385 e. The molecule has 1 aliphatic heterocycles. The molecule has 1 saturated heterocycles. The summed E-state index contributed by atoms with van der Waals surface area (Å²) in [5, 5.41) is 12.0. The van der Waals surface area contributed by atoms with Crippen LogP contribution in [0.5, 0.6) is 0 Å². The second-order valence-corrected chi connectivity index (χ2v) is 11.8. The van der Waals surface area contributed by atoms with E-state index in [1.165, 1.54) is 21.6 Å². The summed E-state index contributed by atoms with van der Waals surface area (Å²) in [6, 6.07) is 8.92. The number of thioether (sulfide) groups is 1. The lowest BCUT2D eigenvalue weighted by molar-refractivity contribution is -0.208. The van der Waals surface area contributed by atoms with Gasteiger partial charge in [-0.3, -0.25) is 4.79 Å². The van der Waals surface area contributed by atoms with Gasteiger partial charge in [0.15, 0.2) is 5.79 Å². The number of Topliss-reactive ketones (excluding diaryl/α,β-unsaturated/α-hetero) is 1. The summed E-state index contributed by atoms with van der Waals surface area (Å²) in [5.41, 5.74) is 2.93. The van der Waals surface area contributed by atoms with Gasteiger partial charge in [0.1, 0.15) is 5.78 Å². The number of hydrogen-bond acceptors (Lipinski definition) is 5. The third-order valence-electron chi connectivity index (χ3n) is 9.46. The Morgan fingerprint density at radius 1 is 1.06 bits per heavy atom. The predicted octanol–water partition coefficient (Wildman–Crippen LogP) is 5.25. The fourth-order valence-electron chi connectivity index (χ4n) is 7.92. The van der Waals surface area contributed by atoms with Crippen molar-refractivity contribution < 1.29 is 19.4 Å². The summed E-state index contributed by atoms with van der Waals surface area (Å²) < 4.78 is 12.0. The van der Waals surface area contributed by atoms with Crippen LogP contribution in [0.25, 0.3) is 0 Å². The highest BCUT2D eigenvalue weighted by molar-refractivity contribution is 7.98. The van der Waals surface area contributed by atoms with Crippen LogP contribution in [0.2, 0.25) is 0 Å². The second kappa shape index (κ2) is 7.43. The number of carbonyl (C=O) groups is 1. The quantitative estimate of drug-likeness (QED) is 0.489. The van der Waals surface area contributed by atoms with Gasteiger partial charge in [-0.15, -0.1) is 11.8 Å². The Balaban J connectivity index is 1.47. The highest BCUT2D eigenvalue weighted by Gasteiger charge is 2.60. The highest BCUT2D eigenvalue weighted by atomic mass is 32.2. The zero-order chi connectivity index (χ0) is 22.1. The summed E-state index contributed by atoms with van der Waals surface area (Å²) in [5.74, 6) is 0.876. The average molecular weight is 455 g/mol. The van der Waals surface area contributed by atoms with Gasteiger partial charge in [0.05, 0.1) is 18.8 Å². The molecule has 3 saturated carbocycles. The number of rotatable bonds is 2. The predicted molar refractivity (Wildman–Crippen MR) is 125 cm³/mol. The molecule has 172 valence electrons. The Labute approximate surface area is 195 Å². The van der Waals surface area contributed by atoms with Crippen molar-refractivity contribution in [2.45, 2.75) is 80.5 Å². The van der Waals surface area contributed by atoms with E-state index in [9.17, 15) is 9.90 Å². The van der Waals surface area contributed by atoms with Crippen molar-refractivity contribution in [2.75, 3.05) is 19.5 Å². The molecule has 0 unspecified atom stereocenters. The average Bonchev–Trinajstić information content (AvgIpc) is 3.36. The van der Waals surface area contributed by atoms with E-state index in [1.54, 1.807) is 11.8 Å². The molecule has 4 fully saturated rings. The summed E-state index contributed by atoms with van der Waals surface area (Å²) in [6.45, 7) is 3.48. The Hall–Kier alpha value is -1.14. The molecule has 5 aliphatic rings. The van der Waals surface area contributed by atoms with E-state index in [1.807, 2.05) is 0 Å². The number of hydrogen-bond donors (Lipinski definition) is 1. The normalized spacial score (nSPS) is 40.3. The fraction of sp³-hybridized carbons (Fsp3) is 0.667. The van der Waals surface area contributed by atoms with E-state index < -0.39 is 11.4 Å². The Bertz CT molecular complexity index is 962. The molecule has 1 heterocycles. The first kappa shape index (κ1) is 21.4. The summed E-state index contributed by atoms with van der Waals surface area (Å²) in [7, 11) is 0. The fourth-order valence-corrected chi connectivity index (χ4v) is 8.33. The zero-order valence-corrected chi connectivity index (χ0v) is 20.0. The SMILES string of the molecule is CSc1ccc([C@H]2C[C@]3(C)C(=O)CC[C@H]3[C@@H]3CC[C@@]4(O)CC5(CCC4=C32)OCCO5)cc1. The van der Waals surface area contributed by atoms with Gasteiger partial charge in [0.2, 0.25) is 0 Å². The minimum Gasteiger partial charge on any atom is -0.385 e. The minimum atomic E-state index is -0.845. The first-order valence-electron chi connectivity index (χ1n) is 12.3. The molecule has 5 atom stereocenters. The molecule has 6 rings (SSSR count). The number of aliphatic hydroxyl groups is 1. The van der Waals surface area contributed by atoms with Crippen molar-refractivity contribution in [1.82, 2.24) is 0 Å². The van der Waals surface area contributed by atoms with E-state index in [2.05, 4.69) is 37.4 Å². The van der Waals surface area contributed by atoms with E-state index in [-0.39, 0.29) is 11.3 Å². The van der Waals surface area contributed by atoms with Crippen LogP contribution in [0.4, 0.5) is 0 Å². The van der Waals surface area contributed by atoms with E-state index >= 15 is 0 Å². The Morgan fingerprint density at radius 2 is 1.81 bits per heavy atom. The number of fused-ring (bicyclic) bond motifs is 4. The van der Waals surface area contributed by atoms with Crippen molar-refractivity contribution >= 4 is 17.5 Å². The maximum Gasteiger partial charge on any atom is 0.171 e. The third-order valence-corrected chi connectivity index (χ3v) is 10.2. The lowest BCUT2D eigenvalue weighted by Crippen LogP contribution is -2.53. The highest BCUT2D eigenvalue weighted by Crippen LogP contribution is 2.64. The maximum atomic E-state index is 13.1. The van der Waals surface area contributed by atoms with Crippen LogP contribution in [-0.2, 0) is 14.3 Å². The molecular weight excluding hydrogens is 420 g/mol. The van der Waals surface area contributed by atoms with Crippen molar-refractivity contribution in [3.05, 3.63) is 41.0 Å². The number of benzene rings is 1. The molecule has 0 radical (unpaired) electrons. The van der Waals surface area contributed by atoms with Crippen LogP contribution in [0.15, 0.2) is 40.3 Å². The van der Waals surface area contributed by atoms with Crippen molar-refractivity contribution in [2.24, 2.45) is 17.3 Å². The molecule has 4 nitrogen and oxygen atoms in total. The molecule has 1 N–H and O–H groups in total. The van der Waals surface area contributed by atoms with Crippen LogP contribution in [0, 0.1) is 17.3 Å². The van der Waals surface area contributed by atoms with E-state index in [4.69, 9.17) is 9.47 Å². The standard InChI is InChI=1S/C27H34O4S/c1-25-15-20(17-3-5-18(32-2)6-4-17)24-19(21(25)7-8-23(25)28)9-11-26(29)16-27(12-10-22(24)26)30-13-14-31-27/h3-6,19-21,29H,7-16H2,1-2H3/t19-,20+,21-,25-,26+/m0/s1. The van der Waals surface area contributed by atoms with Gasteiger partial charge < -0.3 is 14.6 Å². The number of ketones is 1. The molecule has 0 bridgehead atoms. The minimum absolute atomic E-state index is 0.209. The van der Waals surface area contributed by atoms with Crippen molar-refractivity contribution in [3.63, 3.8) is 0 Å². The van der Waals surface area contributed by atoms with Crippen LogP contribution in [0.1, 0.15) is 69.8 Å². The Morgan fingerprint density at radius 3 is 2.53 bits per heavy atom. The summed E-state index contributed by atoms with van der Waals surface area (Å²) in [6.07, 6.45) is 8.60. The molecule has 0 amide bonds. The van der Waals surface area contributed by atoms with Crippen LogP contribution in [-0.4, -0.2) is 41.7 Å². The first-order valence-corrected chi connectivity index (χ1v) is 13.5. The van der Waals surface area contributed by atoms with Crippen LogP contribution in [0.3, 0.4) is 0 Å². The molecule has 32 heavy (non-hydrogen) atoms. The molecule has 5 heteroatoms. The van der Waals surface area contributed by atoms with E-state index in [0.717, 1.165) is 38.5 Å². The molecule has 1 spiro atoms. The van der Waals surface area contributed by atoms with Gasteiger partial charge in [0.25, 0.3) is 0 Å². The van der Waals surface area contributed by atoms with Gasteiger partial charge in [-0.2, -0.15) is 0 Å². The smallest absolute Gasteiger partial charge is 0.171 e. The second-order valence-electron chi connectivity index (χ2n) is 10.9. The lowest BCUT2D eigenvalue weighted by Gasteiger charge is -2.55. The zero-order valence-electron chi connectivity index (χ0n) is 19.2. The first-order chi connectivity index (χ1) is 15.4. The third kappa shape index (κ3) is 3.04. The van der Waals surface area contributed by atoms with Crippen molar-refractivity contribution in [3.8, 4) is 0 Å². The van der Waals surface area contributed by atoms with Crippen LogP contribution >= 0.6 is 11.8 Å². The molecule has 1 aromatic rings. The van der Waals surface area contributed by atoms with Crippen molar-refractivity contribution in [1.29, 1.82) is 0 Å². The van der Waals surface area contributed by atoms with Gasteiger partial charge in [-0.05, 0) is 73.5 Å². The number of allylic oxidation sites excluding steroid dienone is 1. The summed E-state index contributed by atoms with van der Waals surface area (Å²) in [4.78, 5) is 14.4. The topological polar surface area (TPSA) is 55.8 Å². The van der Waals surface area contributed by atoms with Gasteiger partial charge >= 0.3 is 0 Å². The number of carbonyl (C=O) groups excluding carboxylic acids is 1. The molecule has 1 aromatic carbocycles. The Kier molecular flexibility index (Phi) is 4.97. The maximum absolute atomic E-state index is 13.1. The molecular formula is C27H34O4S. The lowest BCUT2D eigenvalue weighted by atomic mass is 9.51. The monoisotopic (exact) mass is 454 g/mol. The van der Waals surface area contributed by atoms with E-state index in [0.29, 0.717) is 43.7 Å². The molecule has 0 aromatic heterocycles.